The molecule has 0 aliphatic heterocycles. The maximum absolute atomic E-state index is 11.8. The van der Waals surface area contributed by atoms with E-state index in [0.29, 0.717) is 28.9 Å². The van der Waals surface area contributed by atoms with Crippen molar-refractivity contribution in [1.29, 1.82) is 0 Å². The number of benzene rings is 1. The van der Waals surface area contributed by atoms with E-state index in [1.54, 1.807) is 18.2 Å². The summed E-state index contributed by atoms with van der Waals surface area (Å²) in [5.41, 5.74) is 0.475. The lowest BCUT2D eigenvalue weighted by molar-refractivity contribution is 0.0952. The van der Waals surface area contributed by atoms with Crippen LogP contribution in [-0.2, 0) is 0 Å². The quantitative estimate of drug-likeness (QED) is 0.841. The van der Waals surface area contributed by atoms with E-state index in [-0.39, 0.29) is 5.91 Å². The van der Waals surface area contributed by atoms with Crippen LogP contribution in [0.4, 0.5) is 0 Å². The molecule has 0 aromatic heterocycles. The Hall–Kier alpha value is -1.23. The summed E-state index contributed by atoms with van der Waals surface area (Å²) in [5, 5.41) is 3.47. The van der Waals surface area contributed by atoms with Crippen molar-refractivity contribution in [2.24, 2.45) is 0 Å². The van der Waals surface area contributed by atoms with Crippen LogP contribution >= 0.6 is 15.9 Å². The lowest BCUT2D eigenvalue weighted by Gasteiger charge is -2.11. The zero-order valence-electron chi connectivity index (χ0n) is 9.25. The Morgan fingerprint density at radius 1 is 1.38 bits per heavy atom. The Kier molecular flexibility index (Phi) is 5.11. The SMILES string of the molecule is COc1cccc(C(=O)NCCBr)c1OC. The van der Waals surface area contributed by atoms with Gasteiger partial charge in [0.2, 0.25) is 0 Å². The van der Waals surface area contributed by atoms with Crippen LogP contribution in [0.15, 0.2) is 18.2 Å². The van der Waals surface area contributed by atoms with Crippen molar-refractivity contribution in [3.63, 3.8) is 0 Å². The molecule has 1 aromatic carbocycles. The summed E-state index contributed by atoms with van der Waals surface area (Å²) < 4.78 is 10.3. The van der Waals surface area contributed by atoms with Gasteiger partial charge in [-0.3, -0.25) is 4.79 Å². The van der Waals surface area contributed by atoms with Crippen molar-refractivity contribution < 1.29 is 14.3 Å². The first-order valence-electron chi connectivity index (χ1n) is 4.79. The monoisotopic (exact) mass is 287 g/mol. The molecular weight excluding hydrogens is 274 g/mol. The number of nitrogens with one attached hydrogen (secondary N) is 1. The number of ether oxygens (including phenoxy) is 2. The van der Waals surface area contributed by atoms with Gasteiger partial charge in [-0.05, 0) is 12.1 Å². The molecule has 0 fully saturated rings. The lowest BCUT2D eigenvalue weighted by Crippen LogP contribution is -2.25. The fourth-order valence-corrected chi connectivity index (χ4v) is 1.52. The molecule has 1 aromatic rings. The van der Waals surface area contributed by atoms with Crippen LogP contribution in [-0.4, -0.2) is 32.0 Å². The average Bonchev–Trinajstić information content (AvgIpc) is 2.34. The summed E-state index contributed by atoms with van der Waals surface area (Å²) in [5.74, 6) is 0.835. The maximum atomic E-state index is 11.8. The van der Waals surface area contributed by atoms with Crippen molar-refractivity contribution in [1.82, 2.24) is 5.32 Å². The Bertz CT molecular complexity index is 368. The number of halogens is 1. The van der Waals surface area contributed by atoms with Crippen molar-refractivity contribution in [3.05, 3.63) is 23.8 Å². The van der Waals surface area contributed by atoms with Crippen LogP contribution in [0, 0.1) is 0 Å². The number of rotatable bonds is 5. The van der Waals surface area contributed by atoms with Gasteiger partial charge in [0.25, 0.3) is 5.91 Å². The molecule has 4 nitrogen and oxygen atoms in total. The van der Waals surface area contributed by atoms with Crippen LogP contribution in [0.5, 0.6) is 11.5 Å². The number of hydrogen-bond acceptors (Lipinski definition) is 3. The molecule has 0 spiro atoms. The van der Waals surface area contributed by atoms with E-state index in [1.165, 1.54) is 14.2 Å². The first kappa shape index (κ1) is 12.8. The van der Waals surface area contributed by atoms with Gasteiger partial charge in [0.1, 0.15) is 0 Å². The topological polar surface area (TPSA) is 47.6 Å². The van der Waals surface area contributed by atoms with Gasteiger partial charge in [-0.2, -0.15) is 0 Å². The van der Waals surface area contributed by atoms with Gasteiger partial charge in [0.05, 0.1) is 19.8 Å². The summed E-state index contributed by atoms with van der Waals surface area (Å²) in [6.45, 7) is 0.569. The molecule has 0 aliphatic rings. The Morgan fingerprint density at radius 3 is 2.69 bits per heavy atom. The predicted octanol–water partition coefficient (Wildman–Crippen LogP) is 1.83. The highest BCUT2D eigenvalue weighted by Crippen LogP contribution is 2.30. The second-order valence-electron chi connectivity index (χ2n) is 2.99. The summed E-state index contributed by atoms with van der Waals surface area (Å²) >= 11 is 3.24. The van der Waals surface area contributed by atoms with Crippen molar-refractivity contribution in [2.45, 2.75) is 0 Å². The number of amides is 1. The molecule has 88 valence electrons. The molecular formula is C11H14BrNO3. The standard InChI is InChI=1S/C11H14BrNO3/c1-15-9-5-3-4-8(10(9)16-2)11(14)13-7-6-12/h3-5H,6-7H2,1-2H3,(H,13,14). The van der Waals surface area contributed by atoms with Crippen molar-refractivity contribution in [3.8, 4) is 11.5 Å². The molecule has 0 heterocycles. The number of para-hydroxylation sites is 1. The van der Waals surface area contributed by atoms with Gasteiger partial charge in [-0.15, -0.1) is 0 Å². The van der Waals surface area contributed by atoms with E-state index >= 15 is 0 Å². The number of carbonyl (C=O) groups excluding carboxylic acids is 1. The van der Waals surface area contributed by atoms with E-state index < -0.39 is 0 Å². The van der Waals surface area contributed by atoms with Crippen LogP contribution in [0.1, 0.15) is 10.4 Å². The van der Waals surface area contributed by atoms with Crippen molar-refractivity contribution >= 4 is 21.8 Å². The fourth-order valence-electron chi connectivity index (χ4n) is 1.32. The molecule has 1 amide bonds. The normalized spacial score (nSPS) is 9.69. The molecule has 0 saturated heterocycles. The minimum Gasteiger partial charge on any atom is -0.493 e. The fraction of sp³-hybridized carbons (Fsp3) is 0.364. The second-order valence-corrected chi connectivity index (χ2v) is 3.78. The van der Waals surface area contributed by atoms with Crippen LogP contribution < -0.4 is 14.8 Å². The third-order valence-electron chi connectivity index (χ3n) is 2.03. The Morgan fingerprint density at radius 2 is 2.12 bits per heavy atom. The summed E-state index contributed by atoms with van der Waals surface area (Å²) in [6, 6.07) is 5.20. The van der Waals surface area contributed by atoms with E-state index in [9.17, 15) is 4.79 Å². The van der Waals surface area contributed by atoms with E-state index in [1.807, 2.05) is 0 Å². The van der Waals surface area contributed by atoms with Gasteiger partial charge in [-0.25, -0.2) is 0 Å². The van der Waals surface area contributed by atoms with Gasteiger partial charge in [0.15, 0.2) is 11.5 Å². The largest absolute Gasteiger partial charge is 0.493 e. The highest BCUT2D eigenvalue weighted by molar-refractivity contribution is 9.09. The van der Waals surface area contributed by atoms with E-state index in [2.05, 4.69) is 21.2 Å². The van der Waals surface area contributed by atoms with Crippen LogP contribution in [0.2, 0.25) is 0 Å². The number of hydrogen-bond donors (Lipinski definition) is 1. The predicted molar refractivity (Wildman–Crippen MR) is 65.7 cm³/mol. The molecule has 1 rings (SSSR count). The molecule has 0 bridgehead atoms. The lowest BCUT2D eigenvalue weighted by atomic mass is 10.1. The molecule has 0 radical (unpaired) electrons. The number of alkyl halides is 1. The molecule has 5 heteroatoms. The summed E-state index contributed by atoms with van der Waals surface area (Å²) in [6.07, 6.45) is 0. The zero-order chi connectivity index (χ0) is 12.0. The Balaban J connectivity index is 2.98. The molecule has 0 unspecified atom stereocenters. The first-order valence-corrected chi connectivity index (χ1v) is 5.92. The van der Waals surface area contributed by atoms with E-state index in [0.717, 1.165) is 0 Å². The number of methoxy groups -OCH3 is 2. The third kappa shape index (κ3) is 2.88. The summed E-state index contributed by atoms with van der Waals surface area (Å²) in [4.78, 5) is 11.8. The van der Waals surface area contributed by atoms with Gasteiger partial charge >= 0.3 is 0 Å². The third-order valence-corrected chi connectivity index (χ3v) is 2.42. The summed E-state index contributed by atoms with van der Waals surface area (Å²) in [7, 11) is 3.05. The second kappa shape index (κ2) is 6.37. The average molecular weight is 288 g/mol. The minimum absolute atomic E-state index is 0.171. The van der Waals surface area contributed by atoms with Crippen molar-refractivity contribution in [2.75, 3.05) is 26.1 Å². The number of carbonyl (C=O) groups is 1. The minimum atomic E-state index is -0.171. The van der Waals surface area contributed by atoms with Crippen LogP contribution in [0.25, 0.3) is 0 Å². The van der Waals surface area contributed by atoms with E-state index in [4.69, 9.17) is 9.47 Å². The van der Waals surface area contributed by atoms with Gasteiger partial charge in [-0.1, -0.05) is 22.0 Å². The molecule has 1 N–H and O–H groups in total. The molecule has 0 atom stereocenters. The maximum Gasteiger partial charge on any atom is 0.255 e. The molecule has 16 heavy (non-hydrogen) atoms. The highest BCUT2D eigenvalue weighted by Gasteiger charge is 2.15. The molecule has 0 saturated carbocycles. The highest BCUT2D eigenvalue weighted by atomic mass is 79.9. The van der Waals surface area contributed by atoms with Crippen LogP contribution in [0.3, 0.4) is 0 Å². The smallest absolute Gasteiger partial charge is 0.255 e. The van der Waals surface area contributed by atoms with Gasteiger partial charge in [0, 0.05) is 11.9 Å². The first-order chi connectivity index (χ1) is 7.74. The zero-order valence-corrected chi connectivity index (χ0v) is 10.8. The van der Waals surface area contributed by atoms with Gasteiger partial charge < -0.3 is 14.8 Å². The molecule has 0 aliphatic carbocycles. The Labute approximate surface area is 103 Å².